The minimum absolute atomic E-state index is 0.0451. The van der Waals surface area contributed by atoms with Crippen molar-refractivity contribution < 1.29 is 23.8 Å². The highest BCUT2D eigenvalue weighted by atomic mass is 35.5. The normalized spacial score (nSPS) is 15.4. The number of benzene rings is 2. The second kappa shape index (κ2) is 11.9. The predicted molar refractivity (Wildman–Crippen MR) is 147 cm³/mol. The Hall–Kier alpha value is -3.20. The van der Waals surface area contributed by atoms with Gasteiger partial charge in [0.05, 0.1) is 22.7 Å². The van der Waals surface area contributed by atoms with Crippen LogP contribution in [0.2, 0.25) is 5.02 Å². The number of likely N-dealkylation sites (N-methyl/N-ethyl adjacent to an activating group) is 1. The largest absolute Gasteiger partial charge is 0.495 e. The fourth-order valence-electron chi connectivity index (χ4n) is 3.92. The first-order valence-electron chi connectivity index (χ1n) is 11.9. The minimum Gasteiger partial charge on any atom is -0.495 e. The second-order valence-electron chi connectivity index (χ2n) is 8.79. The van der Waals surface area contributed by atoms with Gasteiger partial charge in [0.15, 0.2) is 0 Å². The number of halogens is 1. The molecule has 9 heteroatoms. The van der Waals surface area contributed by atoms with Crippen molar-refractivity contribution in [3.63, 3.8) is 0 Å². The average molecular weight is 541 g/mol. The summed E-state index contributed by atoms with van der Waals surface area (Å²) in [6, 6.07) is 10.9. The summed E-state index contributed by atoms with van der Waals surface area (Å²) >= 11 is 7.76. The van der Waals surface area contributed by atoms with Crippen molar-refractivity contribution >= 4 is 45.8 Å². The van der Waals surface area contributed by atoms with Crippen molar-refractivity contribution in [3.8, 4) is 11.5 Å². The number of anilines is 1. The summed E-state index contributed by atoms with van der Waals surface area (Å²) in [5.41, 5.74) is 1.34. The van der Waals surface area contributed by atoms with Crippen LogP contribution in [-0.4, -0.2) is 51.1 Å². The fraction of sp³-hybridized carbons (Fsp3) is 0.286. The molecule has 0 atom stereocenters. The van der Waals surface area contributed by atoms with Crippen LogP contribution in [0, 0.1) is 0 Å². The van der Waals surface area contributed by atoms with Crippen molar-refractivity contribution in [2.45, 2.75) is 24.7 Å². The van der Waals surface area contributed by atoms with Crippen molar-refractivity contribution in [3.05, 3.63) is 76.7 Å². The molecule has 2 aliphatic rings. The Labute approximate surface area is 226 Å². The number of hydrogen-bond acceptors (Lipinski definition) is 7. The van der Waals surface area contributed by atoms with E-state index < -0.39 is 11.9 Å². The van der Waals surface area contributed by atoms with Gasteiger partial charge in [-0.25, -0.2) is 0 Å². The predicted octanol–water partition coefficient (Wildman–Crippen LogP) is 5.89. The van der Waals surface area contributed by atoms with Crippen LogP contribution in [0.4, 0.5) is 5.69 Å². The smallest absolute Gasteiger partial charge is 0.308 e. The number of fused-ring (bicyclic) bond motifs is 1. The number of nitrogens with zero attached hydrogens (tertiary/aromatic N) is 2. The molecule has 7 nitrogen and oxygen atoms in total. The maximum atomic E-state index is 13.9. The number of hydrogen-bond donors (Lipinski definition) is 0. The van der Waals surface area contributed by atoms with Gasteiger partial charge in [0, 0.05) is 31.3 Å². The topological polar surface area (TPSA) is 68.3 Å². The van der Waals surface area contributed by atoms with Gasteiger partial charge in [0.2, 0.25) is 5.76 Å². The van der Waals surface area contributed by atoms with E-state index in [1.165, 1.54) is 25.8 Å². The van der Waals surface area contributed by atoms with E-state index in [2.05, 4.69) is 6.08 Å². The van der Waals surface area contributed by atoms with Gasteiger partial charge in [-0.1, -0.05) is 35.5 Å². The van der Waals surface area contributed by atoms with Gasteiger partial charge in [0.25, 0.3) is 5.91 Å². The van der Waals surface area contributed by atoms with Gasteiger partial charge >= 0.3 is 5.97 Å². The SMILES string of the molecule is COc1ccc(C2=C(OC(C)=O)C(=O)N(CCN(C)C)c3ccc(OC4=CC=CCC4)cc3S2)cc1Cl. The molecule has 0 spiro atoms. The van der Waals surface area contributed by atoms with E-state index in [4.69, 9.17) is 25.8 Å². The maximum Gasteiger partial charge on any atom is 0.308 e. The van der Waals surface area contributed by atoms with E-state index in [9.17, 15) is 9.59 Å². The molecule has 2 aromatic carbocycles. The number of methoxy groups -OCH3 is 1. The van der Waals surface area contributed by atoms with Crippen molar-refractivity contribution in [1.82, 2.24) is 4.90 Å². The first kappa shape index (κ1) is 26.9. The van der Waals surface area contributed by atoms with Gasteiger partial charge in [-0.3, -0.25) is 9.59 Å². The summed E-state index contributed by atoms with van der Waals surface area (Å²) in [5.74, 6) is 1.01. The lowest BCUT2D eigenvalue weighted by molar-refractivity contribution is -0.140. The van der Waals surface area contributed by atoms with Crippen LogP contribution in [0.3, 0.4) is 0 Å². The monoisotopic (exact) mass is 540 g/mol. The van der Waals surface area contributed by atoms with Crippen LogP contribution >= 0.6 is 23.4 Å². The van der Waals surface area contributed by atoms with E-state index in [1.54, 1.807) is 23.1 Å². The van der Waals surface area contributed by atoms with Gasteiger partial charge in [-0.2, -0.15) is 0 Å². The summed E-state index contributed by atoms with van der Waals surface area (Å²) < 4.78 is 17.0. The third kappa shape index (κ3) is 6.39. The van der Waals surface area contributed by atoms with Gasteiger partial charge in [-0.05, 0) is 68.6 Å². The summed E-state index contributed by atoms with van der Waals surface area (Å²) in [6.07, 6.45) is 7.79. The zero-order chi connectivity index (χ0) is 26.5. The molecule has 0 saturated heterocycles. The lowest BCUT2D eigenvalue weighted by atomic mass is 10.1. The average Bonchev–Trinajstić information content (AvgIpc) is 2.97. The highest BCUT2D eigenvalue weighted by molar-refractivity contribution is 8.08. The third-order valence-electron chi connectivity index (χ3n) is 5.73. The highest BCUT2D eigenvalue weighted by Gasteiger charge is 2.33. The number of esters is 1. The van der Waals surface area contributed by atoms with Crippen LogP contribution in [-0.2, 0) is 14.3 Å². The lowest BCUT2D eigenvalue weighted by Gasteiger charge is -2.25. The van der Waals surface area contributed by atoms with Gasteiger partial charge < -0.3 is 24.0 Å². The number of ether oxygens (including phenoxy) is 3. The van der Waals surface area contributed by atoms with Crippen LogP contribution in [0.5, 0.6) is 11.5 Å². The van der Waals surface area contributed by atoms with Gasteiger partial charge in [-0.15, -0.1) is 0 Å². The van der Waals surface area contributed by atoms with Crippen molar-refractivity contribution in [2.75, 3.05) is 39.2 Å². The molecular weight excluding hydrogens is 512 g/mol. The highest BCUT2D eigenvalue weighted by Crippen LogP contribution is 2.47. The van der Waals surface area contributed by atoms with Crippen molar-refractivity contribution in [2.24, 2.45) is 0 Å². The second-order valence-corrected chi connectivity index (χ2v) is 10.3. The molecule has 0 fully saturated rings. The Morgan fingerprint density at radius 2 is 2.00 bits per heavy atom. The fourth-order valence-corrected chi connectivity index (χ4v) is 5.32. The maximum absolute atomic E-state index is 13.9. The van der Waals surface area contributed by atoms with E-state index in [-0.39, 0.29) is 5.76 Å². The Morgan fingerprint density at radius 1 is 1.19 bits per heavy atom. The van der Waals surface area contributed by atoms with Gasteiger partial charge in [0.1, 0.15) is 17.3 Å². The molecule has 4 rings (SSSR count). The molecular formula is C28H29ClN2O5S. The molecule has 37 heavy (non-hydrogen) atoms. The minimum atomic E-state index is -0.583. The summed E-state index contributed by atoms with van der Waals surface area (Å²) in [4.78, 5) is 30.9. The summed E-state index contributed by atoms with van der Waals surface area (Å²) in [7, 11) is 5.41. The van der Waals surface area contributed by atoms with Crippen LogP contribution < -0.4 is 14.4 Å². The molecule has 0 bridgehead atoms. The molecule has 1 aliphatic heterocycles. The number of thioether (sulfide) groups is 1. The van der Waals surface area contributed by atoms with Crippen molar-refractivity contribution in [1.29, 1.82) is 0 Å². The van der Waals surface area contributed by atoms with E-state index in [1.807, 2.05) is 49.3 Å². The number of amides is 1. The Bertz CT molecular complexity index is 1300. The van der Waals surface area contributed by atoms with E-state index >= 15 is 0 Å². The molecule has 1 aliphatic carbocycles. The third-order valence-corrected chi connectivity index (χ3v) is 7.20. The van der Waals surface area contributed by atoms with E-state index in [0.29, 0.717) is 45.8 Å². The number of carbonyl (C=O) groups excluding carboxylic acids is 2. The molecule has 1 amide bonds. The Morgan fingerprint density at radius 3 is 2.65 bits per heavy atom. The zero-order valence-electron chi connectivity index (χ0n) is 21.2. The first-order valence-corrected chi connectivity index (χ1v) is 13.0. The first-order chi connectivity index (χ1) is 17.8. The van der Waals surface area contributed by atoms with Crippen LogP contribution in [0.15, 0.2) is 71.0 Å². The Balaban J connectivity index is 1.84. The summed E-state index contributed by atoms with van der Waals surface area (Å²) in [5, 5.41) is 0.381. The van der Waals surface area contributed by atoms with Crippen LogP contribution in [0.25, 0.3) is 4.91 Å². The lowest BCUT2D eigenvalue weighted by Crippen LogP contribution is -2.38. The number of carbonyl (C=O) groups is 2. The molecule has 0 N–H and O–H groups in total. The Kier molecular flexibility index (Phi) is 8.63. The van der Waals surface area contributed by atoms with E-state index in [0.717, 1.165) is 23.5 Å². The zero-order valence-corrected chi connectivity index (χ0v) is 22.8. The molecule has 1 heterocycles. The molecule has 0 radical (unpaired) electrons. The number of allylic oxidation sites excluding steroid dienone is 4. The van der Waals surface area contributed by atoms with Crippen LogP contribution in [0.1, 0.15) is 25.3 Å². The quantitative estimate of drug-likeness (QED) is 0.386. The molecule has 0 unspecified atom stereocenters. The standard InChI is InChI=1S/C28H29ClN2O5S/c1-18(32)35-26-27(19-10-13-24(34-4)22(29)16-19)37-25-17-21(36-20-8-6-5-7-9-20)11-12-23(25)31(28(26)33)15-14-30(2)3/h5-6,8,10-13,16-17H,7,9,14-15H2,1-4H3. The summed E-state index contributed by atoms with van der Waals surface area (Å²) in [6.45, 7) is 2.30. The molecule has 0 aromatic heterocycles. The molecule has 194 valence electrons. The number of rotatable bonds is 8. The molecule has 0 saturated carbocycles. The molecule has 2 aromatic rings.